The van der Waals surface area contributed by atoms with Crippen molar-refractivity contribution in [3.63, 3.8) is 0 Å². The van der Waals surface area contributed by atoms with Gasteiger partial charge in [-0.05, 0) is 42.7 Å². The SMILES string of the molecule is CCCCNC(=O)C(CC)N(Cc1ccc(Cl)c(Cl)c1)C(=O)CN(c1cc(OC)ccc1OC)S(C)(=O)=O. The first kappa shape index (κ1) is 31.5. The number of nitrogens with one attached hydrogen (secondary N) is 1. The topological polar surface area (TPSA) is 105 Å². The van der Waals surface area contributed by atoms with E-state index in [9.17, 15) is 18.0 Å². The fourth-order valence-corrected chi connectivity index (χ4v) is 5.01. The summed E-state index contributed by atoms with van der Waals surface area (Å²) in [6, 6.07) is 8.73. The van der Waals surface area contributed by atoms with E-state index in [1.54, 1.807) is 37.3 Å². The summed E-state index contributed by atoms with van der Waals surface area (Å²) in [5, 5.41) is 3.53. The second-order valence-corrected chi connectivity index (χ2v) is 11.4. The molecule has 0 saturated heterocycles. The van der Waals surface area contributed by atoms with Gasteiger partial charge in [-0.3, -0.25) is 13.9 Å². The fraction of sp³-hybridized carbons (Fsp3) is 0.462. The molecule has 0 spiro atoms. The summed E-state index contributed by atoms with van der Waals surface area (Å²) in [7, 11) is -1.10. The van der Waals surface area contributed by atoms with Crippen LogP contribution in [0, 0.1) is 0 Å². The van der Waals surface area contributed by atoms with E-state index < -0.39 is 28.5 Å². The van der Waals surface area contributed by atoms with E-state index in [1.165, 1.54) is 25.2 Å². The number of ether oxygens (including phenoxy) is 2. The Kier molecular flexibility index (Phi) is 12.0. The Morgan fingerprint density at radius 3 is 2.29 bits per heavy atom. The van der Waals surface area contributed by atoms with Gasteiger partial charge in [0.25, 0.3) is 0 Å². The first-order chi connectivity index (χ1) is 18.0. The Hall–Kier alpha value is -2.69. The standard InChI is InChI=1S/C26H35Cl2N3O6S/c1-6-8-13-29-26(33)22(7-2)30(16-18-9-11-20(27)21(28)14-18)25(32)17-31(38(5,34)35)23-15-19(36-3)10-12-24(23)37-4/h9-12,14-15,22H,6-8,13,16-17H2,1-5H3,(H,29,33). The number of hydrogen-bond donors (Lipinski definition) is 1. The largest absolute Gasteiger partial charge is 0.497 e. The van der Waals surface area contributed by atoms with Gasteiger partial charge in [-0.1, -0.05) is 49.5 Å². The Labute approximate surface area is 235 Å². The van der Waals surface area contributed by atoms with E-state index in [4.69, 9.17) is 32.7 Å². The highest BCUT2D eigenvalue weighted by atomic mass is 35.5. The predicted octanol–water partition coefficient (Wildman–Crippen LogP) is 4.50. The van der Waals surface area contributed by atoms with Gasteiger partial charge in [0.15, 0.2) is 0 Å². The number of carbonyl (C=O) groups is 2. The minimum absolute atomic E-state index is 0.0161. The second kappa shape index (κ2) is 14.5. The molecule has 0 aromatic heterocycles. The van der Waals surface area contributed by atoms with Crippen molar-refractivity contribution < 1.29 is 27.5 Å². The molecular weight excluding hydrogens is 553 g/mol. The zero-order valence-electron chi connectivity index (χ0n) is 22.3. The van der Waals surface area contributed by atoms with Crippen LogP contribution in [0.1, 0.15) is 38.7 Å². The van der Waals surface area contributed by atoms with Gasteiger partial charge in [-0.2, -0.15) is 0 Å². The zero-order chi connectivity index (χ0) is 28.5. The molecular formula is C26H35Cl2N3O6S. The van der Waals surface area contributed by atoms with Crippen molar-refractivity contribution in [3.05, 3.63) is 52.0 Å². The molecule has 1 N–H and O–H groups in total. The highest BCUT2D eigenvalue weighted by Gasteiger charge is 2.32. The van der Waals surface area contributed by atoms with Crippen molar-refractivity contribution >= 4 is 50.7 Å². The Morgan fingerprint density at radius 2 is 1.74 bits per heavy atom. The lowest BCUT2D eigenvalue weighted by Crippen LogP contribution is -2.52. The van der Waals surface area contributed by atoms with Gasteiger partial charge in [0.05, 0.1) is 36.2 Å². The van der Waals surface area contributed by atoms with Crippen LogP contribution in [0.5, 0.6) is 11.5 Å². The van der Waals surface area contributed by atoms with Crippen LogP contribution >= 0.6 is 23.2 Å². The van der Waals surface area contributed by atoms with E-state index in [1.807, 2.05) is 6.92 Å². The average Bonchev–Trinajstić information content (AvgIpc) is 2.88. The summed E-state index contributed by atoms with van der Waals surface area (Å²) in [6.07, 6.45) is 3.00. The van der Waals surface area contributed by atoms with Gasteiger partial charge in [0.2, 0.25) is 21.8 Å². The first-order valence-corrected chi connectivity index (χ1v) is 14.8. The third kappa shape index (κ3) is 8.41. The number of methoxy groups -OCH3 is 2. The van der Waals surface area contributed by atoms with E-state index in [2.05, 4.69) is 5.32 Å². The molecule has 0 radical (unpaired) electrons. The molecule has 0 aliphatic rings. The van der Waals surface area contributed by atoms with Crippen LogP contribution in [0.15, 0.2) is 36.4 Å². The number of unbranched alkanes of at least 4 members (excludes halogenated alkanes) is 1. The quantitative estimate of drug-likeness (QED) is 0.326. The summed E-state index contributed by atoms with van der Waals surface area (Å²) in [5.74, 6) is -0.274. The fourth-order valence-electron chi connectivity index (χ4n) is 3.85. The van der Waals surface area contributed by atoms with Crippen LogP contribution in [-0.2, 0) is 26.2 Å². The van der Waals surface area contributed by atoms with Crippen molar-refractivity contribution in [1.29, 1.82) is 0 Å². The number of anilines is 1. The molecule has 38 heavy (non-hydrogen) atoms. The van der Waals surface area contributed by atoms with Gasteiger partial charge >= 0.3 is 0 Å². The summed E-state index contributed by atoms with van der Waals surface area (Å²) < 4.78 is 37.4. The molecule has 0 fully saturated rings. The molecule has 0 saturated carbocycles. The number of carbonyl (C=O) groups excluding carboxylic acids is 2. The van der Waals surface area contributed by atoms with Gasteiger partial charge < -0.3 is 19.7 Å². The summed E-state index contributed by atoms with van der Waals surface area (Å²) >= 11 is 12.3. The molecule has 12 heteroatoms. The maximum atomic E-state index is 13.8. The lowest BCUT2D eigenvalue weighted by Gasteiger charge is -2.33. The van der Waals surface area contributed by atoms with Crippen molar-refractivity contribution in [2.45, 2.75) is 45.7 Å². The van der Waals surface area contributed by atoms with Crippen LogP contribution in [0.25, 0.3) is 0 Å². The molecule has 2 amide bonds. The van der Waals surface area contributed by atoms with E-state index in [0.29, 0.717) is 34.3 Å². The minimum Gasteiger partial charge on any atom is -0.497 e. The number of hydrogen-bond acceptors (Lipinski definition) is 6. The average molecular weight is 589 g/mol. The molecule has 0 aliphatic carbocycles. The predicted molar refractivity (Wildman–Crippen MR) is 151 cm³/mol. The monoisotopic (exact) mass is 587 g/mol. The lowest BCUT2D eigenvalue weighted by atomic mass is 10.1. The van der Waals surface area contributed by atoms with E-state index in [-0.39, 0.29) is 23.9 Å². The molecule has 0 bridgehead atoms. The molecule has 210 valence electrons. The van der Waals surface area contributed by atoms with Crippen LogP contribution < -0.4 is 19.1 Å². The van der Waals surface area contributed by atoms with Gasteiger partial charge in [0.1, 0.15) is 24.1 Å². The summed E-state index contributed by atoms with van der Waals surface area (Å²) in [6.45, 7) is 3.72. The molecule has 0 heterocycles. The third-order valence-electron chi connectivity index (χ3n) is 5.89. The van der Waals surface area contributed by atoms with Crippen LogP contribution in [0.4, 0.5) is 5.69 Å². The highest BCUT2D eigenvalue weighted by Crippen LogP contribution is 2.34. The minimum atomic E-state index is -3.95. The zero-order valence-corrected chi connectivity index (χ0v) is 24.6. The van der Waals surface area contributed by atoms with Crippen LogP contribution in [-0.4, -0.2) is 64.7 Å². The number of rotatable bonds is 14. The summed E-state index contributed by atoms with van der Waals surface area (Å²) in [4.78, 5) is 28.3. The van der Waals surface area contributed by atoms with Gasteiger partial charge in [-0.25, -0.2) is 8.42 Å². The van der Waals surface area contributed by atoms with Crippen LogP contribution in [0.2, 0.25) is 10.0 Å². The number of halogens is 2. The normalized spacial score (nSPS) is 12.0. The number of amides is 2. The van der Waals surface area contributed by atoms with E-state index >= 15 is 0 Å². The van der Waals surface area contributed by atoms with Gasteiger partial charge in [-0.15, -0.1) is 0 Å². The molecule has 2 aromatic rings. The molecule has 1 atom stereocenters. The number of benzene rings is 2. The van der Waals surface area contributed by atoms with Crippen molar-refractivity contribution in [3.8, 4) is 11.5 Å². The van der Waals surface area contributed by atoms with Crippen molar-refractivity contribution in [2.24, 2.45) is 0 Å². The molecule has 0 aliphatic heterocycles. The van der Waals surface area contributed by atoms with Crippen molar-refractivity contribution in [1.82, 2.24) is 10.2 Å². The first-order valence-electron chi connectivity index (χ1n) is 12.2. The number of nitrogens with zero attached hydrogens (tertiary/aromatic N) is 2. The molecule has 2 rings (SSSR count). The maximum Gasteiger partial charge on any atom is 0.244 e. The molecule has 9 nitrogen and oxygen atoms in total. The van der Waals surface area contributed by atoms with Crippen LogP contribution in [0.3, 0.4) is 0 Å². The Bertz CT molecular complexity index is 1230. The maximum absolute atomic E-state index is 13.8. The third-order valence-corrected chi connectivity index (χ3v) is 7.75. The molecule has 2 aromatic carbocycles. The highest BCUT2D eigenvalue weighted by molar-refractivity contribution is 7.92. The Morgan fingerprint density at radius 1 is 1.03 bits per heavy atom. The summed E-state index contributed by atoms with van der Waals surface area (Å²) in [5.41, 5.74) is 0.773. The second-order valence-electron chi connectivity index (χ2n) is 8.65. The smallest absolute Gasteiger partial charge is 0.244 e. The number of sulfonamides is 1. The molecule has 1 unspecified atom stereocenters. The van der Waals surface area contributed by atoms with E-state index in [0.717, 1.165) is 23.4 Å². The lowest BCUT2D eigenvalue weighted by molar-refractivity contribution is -0.140. The van der Waals surface area contributed by atoms with Gasteiger partial charge in [0, 0.05) is 19.2 Å². The Balaban J connectivity index is 2.52. The van der Waals surface area contributed by atoms with Crippen molar-refractivity contribution in [2.75, 3.05) is 37.9 Å².